The first-order valence-corrected chi connectivity index (χ1v) is 7.40. The summed E-state index contributed by atoms with van der Waals surface area (Å²) in [5.41, 5.74) is 2.16. The number of rotatable bonds is 4. The molecule has 1 aliphatic rings. The van der Waals surface area contributed by atoms with Crippen molar-refractivity contribution in [2.45, 2.75) is 26.2 Å². The standard InChI is InChI=1S/C15H23ClN2O/c1-11(2)13-9-12(15(19)14(16)10-13)3-6-18-7-4-17-5-8-18/h9-11,17,19H,3-8H2,1-2H3. The van der Waals surface area contributed by atoms with Gasteiger partial charge in [-0.15, -0.1) is 0 Å². The Morgan fingerprint density at radius 1 is 1.32 bits per heavy atom. The molecule has 0 atom stereocenters. The molecule has 0 aromatic heterocycles. The third-order valence-corrected chi connectivity index (χ3v) is 4.03. The first kappa shape index (κ1) is 14.6. The van der Waals surface area contributed by atoms with E-state index in [9.17, 15) is 5.11 Å². The van der Waals surface area contributed by atoms with Crippen molar-refractivity contribution in [1.29, 1.82) is 0 Å². The average Bonchev–Trinajstić information content (AvgIpc) is 2.41. The molecule has 2 N–H and O–H groups in total. The second-order valence-electron chi connectivity index (χ2n) is 5.51. The van der Waals surface area contributed by atoms with E-state index in [0.717, 1.165) is 44.7 Å². The van der Waals surface area contributed by atoms with Crippen LogP contribution in [0.3, 0.4) is 0 Å². The summed E-state index contributed by atoms with van der Waals surface area (Å²) in [6, 6.07) is 3.96. The molecule has 4 heteroatoms. The molecule has 0 aliphatic carbocycles. The molecule has 106 valence electrons. The summed E-state index contributed by atoms with van der Waals surface area (Å²) in [6.45, 7) is 9.53. The van der Waals surface area contributed by atoms with Gasteiger partial charge in [-0.3, -0.25) is 0 Å². The van der Waals surface area contributed by atoms with Crippen LogP contribution in [0, 0.1) is 0 Å². The van der Waals surface area contributed by atoms with Gasteiger partial charge in [0.1, 0.15) is 5.75 Å². The molecular weight excluding hydrogens is 260 g/mol. The molecule has 1 aliphatic heterocycles. The van der Waals surface area contributed by atoms with Gasteiger partial charge < -0.3 is 15.3 Å². The number of hydrogen-bond donors (Lipinski definition) is 2. The van der Waals surface area contributed by atoms with Crippen LogP contribution in [0.1, 0.15) is 30.9 Å². The van der Waals surface area contributed by atoms with Gasteiger partial charge in [0.05, 0.1) is 5.02 Å². The average molecular weight is 283 g/mol. The summed E-state index contributed by atoms with van der Waals surface area (Å²) in [5.74, 6) is 0.678. The maximum absolute atomic E-state index is 10.1. The van der Waals surface area contributed by atoms with Crippen LogP contribution in [-0.4, -0.2) is 42.7 Å². The highest BCUT2D eigenvalue weighted by Crippen LogP contribution is 2.32. The van der Waals surface area contributed by atoms with E-state index in [2.05, 4.69) is 30.1 Å². The fourth-order valence-electron chi connectivity index (χ4n) is 2.42. The van der Waals surface area contributed by atoms with E-state index in [1.165, 1.54) is 5.56 Å². The maximum atomic E-state index is 10.1. The Morgan fingerprint density at radius 2 is 2.00 bits per heavy atom. The van der Waals surface area contributed by atoms with Crippen LogP contribution in [0.25, 0.3) is 0 Å². The molecule has 0 saturated carbocycles. The number of phenolic OH excluding ortho intramolecular Hbond substituents is 1. The first-order chi connectivity index (χ1) is 9.08. The minimum atomic E-state index is 0.251. The second-order valence-corrected chi connectivity index (χ2v) is 5.91. The number of nitrogens with zero attached hydrogens (tertiary/aromatic N) is 1. The Bertz CT molecular complexity index is 428. The first-order valence-electron chi connectivity index (χ1n) is 7.02. The molecule has 1 saturated heterocycles. The highest BCUT2D eigenvalue weighted by molar-refractivity contribution is 6.32. The van der Waals surface area contributed by atoms with Gasteiger partial charge in [-0.05, 0) is 29.5 Å². The topological polar surface area (TPSA) is 35.5 Å². The van der Waals surface area contributed by atoms with Crippen LogP contribution >= 0.6 is 11.6 Å². The van der Waals surface area contributed by atoms with E-state index in [1.54, 1.807) is 0 Å². The number of nitrogens with one attached hydrogen (secondary N) is 1. The van der Waals surface area contributed by atoms with E-state index in [4.69, 9.17) is 11.6 Å². The van der Waals surface area contributed by atoms with Gasteiger partial charge in [-0.2, -0.15) is 0 Å². The molecule has 0 spiro atoms. The summed E-state index contributed by atoms with van der Waals surface area (Å²) in [5, 5.41) is 13.9. The van der Waals surface area contributed by atoms with Gasteiger partial charge in [0, 0.05) is 32.7 Å². The zero-order valence-electron chi connectivity index (χ0n) is 11.7. The molecule has 2 rings (SSSR count). The van der Waals surface area contributed by atoms with E-state index in [1.807, 2.05) is 6.07 Å². The van der Waals surface area contributed by atoms with Crippen molar-refractivity contribution in [2.75, 3.05) is 32.7 Å². The predicted molar refractivity (Wildman–Crippen MR) is 80.2 cm³/mol. The maximum Gasteiger partial charge on any atom is 0.137 e. The lowest BCUT2D eigenvalue weighted by atomic mass is 9.98. The van der Waals surface area contributed by atoms with Gasteiger partial charge >= 0.3 is 0 Å². The fraction of sp³-hybridized carbons (Fsp3) is 0.600. The van der Waals surface area contributed by atoms with Crippen LogP contribution in [-0.2, 0) is 6.42 Å². The zero-order chi connectivity index (χ0) is 13.8. The lowest BCUT2D eigenvalue weighted by Crippen LogP contribution is -2.44. The molecular formula is C15H23ClN2O. The zero-order valence-corrected chi connectivity index (χ0v) is 12.5. The highest BCUT2D eigenvalue weighted by Gasteiger charge is 2.13. The molecule has 1 fully saturated rings. The van der Waals surface area contributed by atoms with Gasteiger partial charge in [0.2, 0.25) is 0 Å². The van der Waals surface area contributed by atoms with E-state index < -0.39 is 0 Å². The third-order valence-electron chi connectivity index (χ3n) is 3.74. The van der Waals surface area contributed by atoms with Crippen LogP contribution in [0.4, 0.5) is 0 Å². The second kappa shape index (κ2) is 6.60. The number of benzene rings is 1. The van der Waals surface area contributed by atoms with Crippen molar-refractivity contribution in [3.8, 4) is 5.75 Å². The summed E-state index contributed by atoms with van der Waals surface area (Å²) in [6.07, 6.45) is 0.853. The highest BCUT2D eigenvalue weighted by atomic mass is 35.5. The number of hydrogen-bond acceptors (Lipinski definition) is 3. The van der Waals surface area contributed by atoms with Crippen molar-refractivity contribution in [3.63, 3.8) is 0 Å². The summed E-state index contributed by atoms with van der Waals surface area (Å²) >= 11 is 6.11. The van der Waals surface area contributed by atoms with Crippen LogP contribution in [0.5, 0.6) is 5.75 Å². The Morgan fingerprint density at radius 3 is 2.63 bits per heavy atom. The van der Waals surface area contributed by atoms with Crippen molar-refractivity contribution in [1.82, 2.24) is 10.2 Å². The Labute approximate surface area is 120 Å². The van der Waals surface area contributed by atoms with Crippen molar-refractivity contribution in [2.24, 2.45) is 0 Å². The lowest BCUT2D eigenvalue weighted by molar-refractivity contribution is 0.243. The predicted octanol–water partition coefficient (Wildman–Crippen LogP) is 2.62. The van der Waals surface area contributed by atoms with Gasteiger partial charge in [-0.25, -0.2) is 0 Å². The van der Waals surface area contributed by atoms with Crippen LogP contribution in [0.15, 0.2) is 12.1 Å². The fourth-order valence-corrected chi connectivity index (χ4v) is 2.66. The summed E-state index contributed by atoms with van der Waals surface area (Å²) in [4.78, 5) is 2.42. The minimum absolute atomic E-state index is 0.251. The van der Waals surface area contributed by atoms with Gasteiger partial charge in [-0.1, -0.05) is 31.5 Å². The molecule has 0 radical (unpaired) electrons. The number of aromatic hydroxyl groups is 1. The number of piperazine rings is 1. The summed E-state index contributed by atoms with van der Waals surface area (Å²) < 4.78 is 0. The van der Waals surface area contributed by atoms with E-state index in [-0.39, 0.29) is 5.75 Å². The Hall–Kier alpha value is -0.770. The van der Waals surface area contributed by atoms with Crippen molar-refractivity contribution < 1.29 is 5.11 Å². The summed E-state index contributed by atoms with van der Waals surface area (Å²) in [7, 11) is 0. The molecule has 0 amide bonds. The minimum Gasteiger partial charge on any atom is -0.506 e. The Kier molecular flexibility index (Phi) is 5.08. The largest absolute Gasteiger partial charge is 0.506 e. The Balaban J connectivity index is 2.05. The van der Waals surface area contributed by atoms with Crippen molar-refractivity contribution >= 4 is 11.6 Å². The quantitative estimate of drug-likeness (QED) is 0.891. The van der Waals surface area contributed by atoms with E-state index in [0.29, 0.717) is 10.9 Å². The molecule has 1 heterocycles. The molecule has 0 unspecified atom stereocenters. The lowest BCUT2D eigenvalue weighted by Gasteiger charge is -2.27. The van der Waals surface area contributed by atoms with Gasteiger partial charge in [0.15, 0.2) is 0 Å². The monoisotopic (exact) mass is 282 g/mol. The molecule has 0 bridgehead atoms. The molecule has 3 nitrogen and oxygen atoms in total. The smallest absolute Gasteiger partial charge is 0.137 e. The van der Waals surface area contributed by atoms with E-state index >= 15 is 0 Å². The molecule has 1 aromatic rings. The SMILES string of the molecule is CC(C)c1cc(Cl)c(O)c(CCN2CCNCC2)c1. The normalized spacial score (nSPS) is 17.1. The third kappa shape index (κ3) is 3.85. The molecule has 19 heavy (non-hydrogen) atoms. The van der Waals surface area contributed by atoms with Crippen molar-refractivity contribution in [3.05, 3.63) is 28.3 Å². The number of phenols is 1. The van der Waals surface area contributed by atoms with Crippen LogP contribution < -0.4 is 5.32 Å². The number of halogens is 1. The van der Waals surface area contributed by atoms with Crippen LogP contribution in [0.2, 0.25) is 5.02 Å². The van der Waals surface area contributed by atoms with Gasteiger partial charge in [0.25, 0.3) is 0 Å². The molecule has 1 aromatic carbocycles.